The number of benzene rings is 1. The fourth-order valence-corrected chi connectivity index (χ4v) is 5.16. The number of sulfone groups is 1. The van der Waals surface area contributed by atoms with Gasteiger partial charge in [-0.05, 0) is 30.7 Å². The lowest BCUT2D eigenvalue weighted by atomic mass is 10.2. The molecule has 1 aromatic carbocycles. The van der Waals surface area contributed by atoms with Gasteiger partial charge in [0.1, 0.15) is 0 Å². The van der Waals surface area contributed by atoms with Crippen molar-refractivity contribution in [3.63, 3.8) is 0 Å². The molecule has 8 nitrogen and oxygen atoms in total. The highest BCUT2D eigenvalue weighted by Crippen LogP contribution is 2.16. The van der Waals surface area contributed by atoms with Crippen LogP contribution in [0, 0.1) is 0 Å². The summed E-state index contributed by atoms with van der Waals surface area (Å²) in [5.41, 5.74) is 2.36. The minimum Gasteiger partial charge on any atom is -0.277 e. The summed E-state index contributed by atoms with van der Waals surface area (Å²) in [4.78, 5) is 15.9. The van der Waals surface area contributed by atoms with Gasteiger partial charge in [0, 0.05) is 11.6 Å². The molecule has 1 saturated heterocycles. The molecule has 1 fully saturated rings. The number of hydroxylamine groups is 1. The number of nitrogens with one attached hydrogen (secondary N) is 2. The lowest BCUT2D eigenvalue weighted by Gasteiger charge is -2.12. The van der Waals surface area contributed by atoms with Crippen molar-refractivity contribution in [1.82, 2.24) is 10.2 Å². The van der Waals surface area contributed by atoms with Crippen molar-refractivity contribution in [1.29, 1.82) is 0 Å². The monoisotopic (exact) mass is 348 g/mol. The van der Waals surface area contributed by atoms with Crippen LogP contribution in [0.3, 0.4) is 0 Å². The number of hydrogen-bond donors (Lipinski definition) is 2. The fourth-order valence-electron chi connectivity index (χ4n) is 2.11. The molecule has 2 rings (SSSR count). The van der Waals surface area contributed by atoms with Gasteiger partial charge in [0.25, 0.3) is 5.91 Å². The fraction of sp³-hybridized carbons (Fsp3) is 0.417. The van der Waals surface area contributed by atoms with Gasteiger partial charge in [0.05, 0.1) is 23.5 Å². The molecule has 2 N–H and O–H groups in total. The highest BCUT2D eigenvalue weighted by atomic mass is 32.2. The van der Waals surface area contributed by atoms with Crippen LogP contribution >= 0.6 is 0 Å². The number of hydrogen-bond acceptors (Lipinski definition) is 6. The quantitative estimate of drug-likeness (QED) is 0.689. The van der Waals surface area contributed by atoms with Crippen LogP contribution in [0.4, 0.5) is 0 Å². The summed E-state index contributed by atoms with van der Waals surface area (Å²) in [5.74, 6) is -0.710. The molecular weight excluding hydrogens is 332 g/mol. The average Bonchev–Trinajstić information content (AvgIpc) is 2.77. The summed E-state index contributed by atoms with van der Waals surface area (Å²) in [5, 5.41) is 0. The Morgan fingerprint density at radius 3 is 2.41 bits per heavy atom. The first kappa shape index (κ1) is 16.9. The van der Waals surface area contributed by atoms with Crippen molar-refractivity contribution >= 4 is 25.8 Å². The summed E-state index contributed by atoms with van der Waals surface area (Å²) < 4.78 is 49.4. The van der Waals surface area contributed by atoms with Crippen molar-refractivity contribution in [2.45, 2.75) is 17.4 Å². The van der Waals surface area contributed by atoms with E-state index in [9.17, 15) is 21.6 Å². The van der Waals surface area contributed by atoms with E-state index in [4.69, 9.17) is 0 Å². The van der Waals surface area contributed by atoms with E-state index >= 15 is 0 Å². The molecule has 1 atom stereocenters. The maximum atomic E-state index is 12.2. The summed E-state index contributed by atoms with van der Waals surface area (Å²) in [6.45, 7) is 0. The Hall–Kier alpha value is -1.49. The minimum absolute atomic E-state index is 0.0175. The van der Waals surface area contributed by atoms with Gasteiger partial charge in [-0.3, -0.25) is 9.63 Å². The molecular formula is C12H16N2O6S2. The third-order valence-electron chi connectivity index (χ3n) is 3.18. The molecule has 0 aliphatic carbocycles. The minimum atomic E-state index is -3.83. The Balaban J connectivity index is 2.11. The number of amides is 1. The molecule has 0 aromatic heterocycles. The zero-order valence-corrected chi connectivity index (χ0v) is 13.4. The topological polar surface area (TPSA) is 119 Å². The van der Waals surface area contributed by atoms with Crippen LogP contribution in [0.2, 0.25) is 0 Å². The maximum absolute atomic E-state index is 12.2. The van der Waals surface area contributed by atoms with Crippen molar-refractivity contribution in [2.75, 3.05) is 18.6 Å². The summed E-state index contributed by atoms with van der Waals surface area (Å²) in [6, 6.07) is 4.61. The van der Waals surface area contributed by atoms with Crippen molar-refractivity contribution in [3.8, 4) is 0 Å². The summed E-state index contributed by atoms with van der Waals surface area (Å²) in [7, 11) is -5.71. The molecule has 10 heteroatoms. The average molecular weight is 348 g/mol. The van der Waals surface area contributed by atoms with E-state index in [1.54, 1.807) is 0 Å². The van der Waals surface area contributed by atoms with Crippen molar-refractivity contribution < 1.29 is 26.5 Å². The highest BCUT2D eigenvalue weighted by molar-refractivity contribution is 7.92. The first-order chi connectivity index (χ1) is 10.2. The highest BCUT2D eigenvalue weighted by Gasteiger charge is 2.31. The first-order valence-electron chi connectivity index (χ1n) is 6.40. The van der Waals surface area contributed by atoms with E-state index in [0.29, 0.717) is 0 Å². The Morgan fingerprint density at radius 1 is 1.27 bits per heavy atom. The molecule has 1 heterocycles. The standard InChI is InChI=1S/C12H16N2O6S2/c1-20-13-12(15)9-2-4-11(5-3-9)22(18,19)14-10-6-7-21(16,17)8-10/h2-5,10,14H,6-8H2,1H3,(H,13,15). The predicted molar refractivity (Wildman–Crippen MR) is 78.3 cm³/mol. The third kappa shape index (κ3) is 4.03. The summed E-state index contributed by atoms with van der Waals surface area (Å²) in [6.07, 6.45) is 0.260. The smallest absolute Gasteiger partial charge is 0.274 e. The molecule has 122 valence electrons. The zero-order valence-electron chi connectivity index (χ0n) is 11.8. The van der Waals surface area contributed by atoms with Gasteiger partial charge in [-0.1, -0.05) is 0 Å². The van der Waals surface area contributed by atoms with Crippen LogP contribution in [0.5, 0.6) is 0 Å². The van der Waals surface area contributed by atoms with Crippen molar-refractivity contribution in [2.24, 2.45) is 0 Å². The Morgan fingerprint density at radius 2 is 1.91 bits per heavy atom. The van der Waals surface area contributed by atoms with E-state index in [-0.39, 0.29) is 28.4 Å². The van der Waals surface area contributed by atoms with Crippen LogP contribution < -0.4 is 10.2 Å². The largest absolute Gasteiger partial charge is 0.277 e. The maximum Gasteiger partial charge on any atom is 0.274 e. The molecule has 0 radical (unpaired) electrons. The van der Waals surface area contributed by atoms with Crippen LogP contribution in [0.1, 0.15) is 16.8 Å². The van der Waals surface area contributed by atoms with E-state index in [2.05, 4.69) is 15.0 Å². The number of sulfonamides is 1. The van der Waals surface area contributed by atoms with Gasteiger partial charge in [-0.15, -0.1) is 0 Å². The van der Waals surface area contributed by atoms with Gasteiger partial charge in [0.15, 0.2) is 9.84 Å². The van der Waals surface area contributed by atoms with E-state index in [0.717, 1.165) is 0 Å². The number of carbonyl (C=O) groups excluding carboxylic acids is 1. The molecule has 1 unspecified atom stereocenters. The molecule has 22 heavy (non-hydrogen) atoms. The lowest BCUT2D eigenvalue weighted by Crippen LogP contribution is -2.35. The second-order valence-electron chi connectivity index (χ2n) is 4.88. The zero-order chi connectivity index (χ0) is 16.4. The second-order valence-corrected chi connectivity index (χ2v) is 8.82. The van der Waals surface area contributed by atoms with Crippen LogP contribution in [-0.2, 0) is 24.7 Å². The van der Waals surface area contributed by atoms with Crippen LogP contribution in [-0.4, -0.2) is 47.4 Å². The Kier molecular flexibility index (Phi) is 4.85. The van der Waals surface area contributed by atoms with E-state index in [1.165, 1.54) is 31.4 Å². The van der Waals surface area contributed by atoms with Gasteiger partial charge in [-0.2, -0.15) is 0 Å². The molecule has 1 amide bonds. The van der Waals surface area contributed by atoms with E-state index < -0.39 is 31.8 Å². The molecule has 1 aliphatic heterocycles. The van der Waals surface area contributed by atoms with Gasteiger partial charge in [0.2, 0.25) is 10.0 Å². The predicted octanol–water partition coefficient (Wildman–Crippen LogP) is -0.557. The Labute approximate surface area is 128 Å². The first-order valence-corrected chi connectivity index (χ1v) is 9.70. The normalized spacial score (nSPS) is 20.7. The molecule has 0 bridgehead atoms. The van der Waals surface area contributed by atoms with E-state index in [1.807, 2.05) is 0 Å². The molecule has 0 spiro atoms. The van der Waals surface area contributed by atoms with Crippen LogP contribution in [0.25, 0.3) is 0 Å². The second kappa shape index (κ2) is 6.32. The van der Waals surface area contributed by atoms with Crippen LogP contribution in [0.15, 0.2) is 29.2 Å². The number of rotatable bonds is 5. The number of carbonyl (C=O) groups is 1. The Bertz CT molecular complexity index is 755. The third-order valence-corrected chi connectivity index (χ3v) is 6.48. The van der Waals surface area contributed by atoms with Gasteiger partial charge >= 0.3 is 0 Å². The molecule has 1 aromatic rings. The van der Waals surface area contributed by atoms with Gasteiger partial charge in [-0.25, -0.2) is 27.0 Å². The summed E-state index contributed by atoms with van der Waals surface area (Å²) >= 11 is 0. The molecule has 1 aliphatic rings. The molecule has 0 saturated carbocycles. The lowest BCUT2D eigenvalue weighted by molar-refractivity contribution is 0.0537. The SMILES string of the molecule is CONC(=O)c1ccc(S(=O)(=O)NC2CCS(=O)(=O)C2)cc1. The van der Waals surface area contributed by atoms with Gasteiger partial charge < -0.3 is 0 Å². The van der Waals surface area contributed by atoms with Crippen molar-refractivity contribution in [3.05, 3.63) is 29.8 Å².